The number of nitrogens with one attached hydrogen (secondary N) is 2. The van der Waals surface area contributed by atoms with Crippen LogP contribution in [0, 0.1) is 5.92 Å². The van der Waals surface area contributed by atoms with Gasteiger partial charge < -0.3 is 15.4 Å². The molecular weight excluding hydrogens is 388 g/mol. The fraction of sp³-hybridized carbons (Fsp3) is 0.238. The number of rotatable bonds is 5. The Balaban J connectivity index is 1.44. The van der Waals surface area contributed by atoms with E-state index in [9.17, 15) is 9.59 Å². The Morgan fingerprint density at radius 3 is 2.97 bits per heavy atom. The Morgan fingerprint density at radius 2 is 2.14 bits per heavy atom. The number of thiophene rings is 1. The van der Waals surface area contributed by atoms with Gasteiger partial charge in [-0.25, -0.2) is 4.98 Å². The molecule has 2 N–H and O–H groups in total. The lowest BCUT2D eigenvalue weighted by Gasteiger charge is -2.28. The van der Waals surface area contributed by atoms with E-state index >= 15 is 0 Å². The molecule has 2 unspecified atom stereocenters. The number of amides is 2. The Morgan fingerprint density at radius 1 is 1.24 bits per heavy atom. The van der Waals surface area contributed by atoms with E-state index in [2.05, 4.69) is 20.6 Å². The van der Waals surface area contributed by atoms with Crippen molar-refractivity contribution >= 4 is 34.7 Å². The van der Waals surface area contributed by atoms with E-state index < -0.39 is 0 Å². The van der Waals surface area contributed by atoms with E-state index in [1.807, 2.05) is 18.4 Å². The van der Waals surface area contributed by atoms with E-state index in [1.54, 1.807) is 35.6 Å². The van der Waals surface area contributed by atoms with Crippen molar-refractivity contribution in [2.75, 3.05) is 17.2 Å². The quantitative estimate of drug-likeness (QED) is 0.672. The summed E-state index contributed by atoms with van der Waals surface area (Å²) in [5.41, 5.74) is 2.06. The molecule has 4 rings (SSSR count). The molecule has 0 bridgehead atoms. The minimum Gasteiger partial charge on any atom is -0.372 e. The van der Waals surface area contributed by atoms with Crippen LogP contribution in [0.4, 0.5) is 11.5 Å². The highest BCUT2D eigenvalue weighted by Gasteiger charge is 2.31. The second-order valence-corrected chi connectivity index (χ2v) is 7.74. The maximum Gasteiger partial charge on any atom is 0.256 e. The Kier molecular flexibility index (Phi) is 5.64. The van der Waals surface area contributed by atoms with Crippen LogP contribution in [-0.2, 0) is 16.0 Å². The lowest BCUT2D eigenvalue weighted by Crippen LogP contribution is -2.30. The summed E-state index contributed by atoms with van der Waals surface area (Å²) in [5.74, 6) is -0.476. The molecule has 3 aromatic rings. The van der Waals surface area contributed by atoms with Crippen molar-refractivity contribution in [3.8, 4) is 0 Å². The van der Waals surface area contributed by atoms with Crippen LogP contribution >= 0.6 is 11.3 Å². The number of carbonyl (C=O) groups excluding carboxylic acids is 2. The van der Waals surface area contributed by atoms with Crippen molar-refractivity contribution in [3.63, 3.8) is 0 Å². The SMILES string of the molecule is CC(C(=O)Nc1cccc(C(=O)Nc2cnccn2)c1)C1OCCc2sccc21. The van der Waals surface area contributed by atoms with Gasteiger partial charge in [-0.2, -0.15) is 0 Å². The summed E-state index contributed by atoms with van der Waals surface area (Å²) in [6.07, 6.45) is 5.13. The van der Waals surface area contributed by atoms with Crippen LogP contribution in [0.25, 0.3) is 0 Å². The van der Waals surface area contributed by atoms with Gasteiger partial charge in [0, 0.05) is 34.9 Å². The molecule has 2 atom stereocenters. The number of hydrogen-bond acceptors (Lipinski definition) is 6. The van der Waals surface area contributed by atoms with Crippen molar-refractivity contribution in [2.24, 2.45) is 5.92 Å². The molecule has 0 saturated heterocycles. The van der Waals surface area contributed by atoms with Crippen LogP contribution in [0.15, 0.2) is 54.3 Å². The predicted molar refractivity (Wildman–Crippen MR) is 111 cm³/mol. The third-order valence-electron chi connectivity index (χ3n) is 4.78. The number of anilines is 2. The molecule has 0 saturated carbocycles. The number of aromatic nitrogens is 2. The van der Waals surface area contributed by atoms with Gasteiger partial charge in [0.05, 0.1) is 24.8 Å². The minimum absolute atomic E-state index is 0.152. The van der Waals surface area contributed by atoms with Crippen LogP contribution in [0.5, 0.6) is 0 Å². The first-order chi connectivity index (χ1) is 14.1. The fourth-order valence-electron chi connectivity index (χ4n) is 3.27. The number of fused-ring (bicyclic) bond motifs is 1. The smallest absolute Gasteiger partial charge is 0.256 e. The van der Waals surface area contributed by atoms with Gasteiger partial charge in [0.1, 0.15) is 0 Å². The third kappa shape index (κ3) is 4.33. The fourth-order valence-corrected chi connectivity index (χ4v) is 4.17. The van der Waals surface area contributed by atoms with Gasteiger partial charge in [0.2, 0.25) is 5.91 Å². The molecule has 3 heterocycles. The molecule has 148 valence electrons. The molecule has 1 aliphatic rings. The van der Waals surface area contributed by atoms with E-state index in [4.69, 9.17) is 4.74 Å². The van der Waals surface area contributed by atoms with Crippen LogP contribution in [0.2, 0.25) is 0 Å². The third-order valence-corrected chi connectivity index (χ3v) is 5.77. The van der Waals surface area contributed by atoms with Gasteiger partial charge in [-0.05, 0) is 35.2 Å². The van der Waals surface area contributed by atoms with Crippen molar-refractivity contribution in [1.82, 2.24) is 9.97 Å². The minimum atomic E-state index is -0.360. The molecule has 0 radical (unpaired) electrons. The molecule has 0 spiro atoms. The number of carbonyl (C=O) groups is 2. The zero-order valence-corrected chi connectivity index (χ0v) is 16.6. The van der Waals surface area contributed by atoms with Crippen LogP contribution in [0.1, 0.15) is 33.8 Å². The Bertz CT molecular complexity index is 1020. The molecule has 2 aromatic heterocycles. The van der Waals surface area contributed by atoms with Gasteiger partial charge in [-0.1, -0.05) is 13.0 Å². The molecular formula is C21H20N4O3S. The van der Waals surface area contributed by atoms with Gasteiger partial charge >= 0.3 is 0 Å². The highest BCUT2D eigenvalue weighted by Crippen LogP contribution is 2.36. The highest BCUT2D eigenvalue weighted by molar-refractivity contribution is 7.10. The second kappa shape index (κ2) is 8.50. The molecule has 2 amide bonds. The summed E-state index contributed by atoms with van der Waals surface area (Å²) in [6.45, 7) is 2.48. The summed E-state index contributed by atoms with van der Waals surface area (Å²) in [7, 11) is 0. The van der Waals surface area contributed by atoms with E-state index in [-0.39, 0.29) is 23.8 Å². The summed E-state index contributed by atoms with van der Waals surface area (Å²) >= 11 is 1.70. The Hall–Kier alpha value is -3.10. The first kappa shape index (κ1) is 19.2. The van der Waals surface area contributed by atoms with Crippen molar-refractivity contribution in [3.05, 3.63) is 70.3 Å². The molecule has 1 aromatic carbocycles. The molecule has 1 aliphatic heterocycles. The van der Waals surface area contributed by atoms with Gasteiger partial charge in [0.25, 0.3) is 5.91 Å². The van der Waals surface area contributed by atoms with Gasteiger partial charge in [-0.3, -0.25) is 14.6 Å². The normalized spacial score (nSPS) is 16.5. The first-order valence-corrected chi connectivity index (χ1v) is 10.2. The first-order valence-electron chi connectivity index (χ1n) is 9.28. The lowest BCUT2D eigenvalue weighted by molar-refractivity contribution is -0.125. The zero-order chi connectivity index (χ0) is 20.2. The van der Waals surface area contributed by atoms with Crippen LogP contribution < -0.4 is 10.6 Å². The average molecular weight is 408 g/mol. The van der Waals surface area contributed by atoms with Crippen molar-refractivity contribution < 1.29 is 14.3 Å². The van der Waals surface area contributed by atoms with E-state index in [0.29, 0.717) is 23.7 Å². The molecule has 29 heavy (non-hydrogen) atoms. The molecule has 7 nitrogen and oxygen atoms in total. The van der Waals surface area contributed by atoms with Crippen molar-refractivity contribution in [2.45, 2.75) is 19.4 Å². The van der Waals surface area contributed by atoms with Gasteiger partial charge in [-0.15, -0.1) is 11.3 Å². The zero-order valence-electron chi connectivity index (χ0n) is 15.8. The summed E-state index contributed by atoms with van der Waals surface area (Å²) in [5, 5.41) is 7.61. The van der Waals surface area contributed by atoms with Crippen molar-refractivity contribution in [1.29, 1.82) is 0 Å². The topological polar surface area (TPSA) is 93.2 Å². The Labute approximate surface area is 172 Å². The van der Waals surface area contributed by atoms with Gasteiger partial charge in [0.15, 0.2) is 5.82 Å². The number of ether oxygens (including phenoxy) is 1. The van der Waals surface area contributed by atoms with E-state index in [0.717, 1.165) is 12.0 Å². The van der Waals surface area contributed by atoms with E-state index in [1.165, 1.54) is 23.5 Å². The van der Waals surface area contributed by atoms with Crippen LogP contribution in [-0.4, -0.2) is 28.4 Å². The standard InChI is InChI=1S/C21H20N4O3S/c1-13(19-16-6-10-29-17(16)5-9-28-19)20(26)24-15-4-2-3-14(11-15)21(27)25-18-12-22-7-8-23-18/h2-4,6-8,10-13,19H,5,9H2,1H3,(H,24,26)(H,23,25,27). The summed E-state index contributed by atoms with van der Waals surface area (Å²) in [4.78, 5) is 34.5. The average Bonchev–Trinajstić information content (AvgIpc) is 3.23. The number of nitrogens with zero attached hydrogens (tertiary/aromatic N) is 2. The lowest BCUT2D eigenvalue weighted by atomic mass is 9.94. The second-order valence-electron chi connectivity index (χ2n) is 6.74. The molecule has 8 heteroatoms. The maximum atomic E-state index is 12.8. The predicted octanol–water partition coefficient (Wildman–Crippen LogP) is 3.68. The molecule has 0 fully saturated rings. The monoisotopic (exact) mass is 408 g/mol. The number of benzene rings is 1. The van der Waals surface area contributed by atoms with Crippen LogP contribution in [0.3, 0.4) is 0 Å². The number of hydrogen-bond donors (Lipinski definition) is 2. The maximum absolute atomic E-state index is 12.8. The largest absolute Gasteiger partial charge is 0.372 e. The molecule has 0 aliphatic carbocycles. The summed E-state index contributed by atoms with van der Waals surface area (Å²) < 4.78 is 5.88. The highest BCUT2D eigenvalue weighted by atomic mass is 32.1. The summed E-state index contributed by atoms with van der Waals surface area (Å²) in [6, 6.07) is 8.81.